The van der Waals surface area contributed by atoms with Crippen molar-refractivity contribution in [2.45, 2.75) is 96.4 Å². The zero-order valence-electron chi connectivity index (χ0n) is 14.3. The third kappa shape index (κ3) is 13.6. The third-order valence-electron chi connectivity index (χ3n) is 4.55. The highest BCUT2D eigenvalue weighted by molar-refractivity contribution is 5.85. The molecule has 0 aliphatic carbocycles. The molecule has 0 aromatic carbocycles. The summed E-state index contributed by atoms with van der Waals surface area (Å²) in [5, 5.41) is 7.13. The van der Waals surface area contributed by atoms with Crippen molar-refractivity contribution in [1.29, 1.82) is 0 Å². The van der Waals surface area contributed by atoms with Crippen LogP contribution in [0.4, 0.5) is 0 Å². The maximum atomic E-state index is 3.71. The van der Waals surface area contributed by atoms with Crippen molar-refractivity contribution in [3.8, 4) is 0 Å². The number of hydrogen-bond acceptors (Lipinski definition) is 2. The van der Waals surface area contributed by atoms with E-state index in [4.69, 9.17) is 0 Å². The summed E-state index contributed by atoms with van der Waals surface area (Å²) in [6, 6.07) is 0.791. The average Bonchev–Trinajstić information content (AvgIpc) is 2.49. The smallest absolute Gasteiger partial charge is 0.00912 e. The molecule has 1 heterocycles. The number of piperidine rings is 1. The molecule has 2 N–H and O–H groups in total. The first-order chi connectivity index (χ1) is 9.93. The fraction of sp³-hybridized carbons (Fsp3) is 1.00. The Hall–Kier alpha value is 0.210. The standard InChI is InChI=1S/C18H38N2.ClH/c1-2-3-4-5-6-7-8-9-10-11-12-15-20-18-13-16-19-17-14-18;/h18-20H,2-17H2,1H3;1H. The van der Waals surface area contributed by atoms with Crippen LogP contribution in [0.2, 0.25) is 0 Å². The first-order valence-corrected chi connectivity index (χ1v) is 9.37. The Labute approximate surface area is 139 Å². The van der Waals surface area contributed by atoms with Gasteiger partial charge in [-0.05, 0) is 38.9 Å². The molecule has 1 aliphatic heterocycles. The van der Waals surface area contributed by atoms with Crippen LogP contribution in [0.5, 0.6) is 0 Å². The third-order valence-corrected chi connectivity index (χ3v) is 4.55. The number of unbranched alkanes of at least 4 members (excludes halogenated alkanes) is 10. The van der Waals surface area contributed by atoms with E-state index < -0.39 is 0 Å². The van der Waals surface area contributed by atoms with Gasteiger partial charge in [-0.2, -0.15) is 0 Å². The first kappa shape index (κ1) is 21.2. The van der Waals surface area contributed by atoms with Gasteiger partial charge in [0.05, 0.1) is 0 Å². The molecular weight excluding hydrogens is 280 g/mol. The van der Waals surface area contributed by atoms with E-state index in [-0.39, 0.29) is 12.4 Å². The van der Waals surface area contributed by atoms with E-state index in [2.05, 4.69) is 17.6 Å². The Morgan fingerprint density at radius 1 is 0.762 bits per heavy atom. The molecule has 2 nitrogen and oxygen atoms in total. The zero-order chi connectivity index (χ0) is 14.3. The maximum absolute atomic E-state index is 3.71. The van der Waals surface area contributed by atoms with Crippen molar-refractivity contribution in [2.75, 3.05) is 19.6 Å². The molecule has 0 radical (unpaired) electrons. The molecule has 0 aromatic heterocycles. The lowest BCUT2D eigenvalue weighted by atomic mass is 10.0. The largest absolute Gasteiger partial charge is 0.317 e. The van der Waals surface area contributed by atoms with Crippen molar-refractivity contribution < 1.29 is 0 Å². The quantitative estimate of drug-likeness (QED) is 0.464. The minimum atomic E-state index is 0. The molecule has 0 atom stereocenters. The van der Waals surface area contributed by atoms with Crippen molar-refractivity contribution in [2.24, 2.45) is 0 Å². The van der Waals surface area contributed by atoms with E-state index in [1.807, 2.05) is 0 Å². The van der Waals surface area contributed by atoms with Gasteiger partial charge < -0.3 is 10.6 Å². The van der Waals surface area contributed by atoms with Gasteiger partial charge >= 0.3 is 0 Å². The van der Waals surface area contributed by atoms with Gasteiger partial charge in [0.25, 0.3) is 0 Å². The Morgan fingerprint density at radius 3 is 1.76 bits per heavy atom. The van der Waals surface area contributed by atoms with Gasteiger partial charge in [0.2, 0.25) is 0 Å². The van der Waals surface area contributed by atoms with Crippen LogP contribution >= 0.6 is 12.4 Å². The van der Waals surface area contributed by atoms with Gasteiger partial charge in [0.1, 0.15) is 0 Å². The van der Waals surface area contributed by atoms with E-state index in [1.54, 1.807) is 0 Å². The summed E-state index contributed by atoms with van der Waals surface area (Å²) in [5.74, 6) is 0. The average molecular weight is 319 g/mol. The van der Waals surface area contributed by atoms with Gasteiger partial charge in [-0.15, -0.1) is 12.4 Å². The number of halogens is 1. The van der Waals surface area contributed by atoms with Crippen LogP contribution in [0.1, 0.15) is 90.4 Å². The summed E-state index contributed by atoms with van der Waals surface area (Å²) in [7, 11) is 0. The highest BCUT2D eigenvalue weighted by Crippen LogP contribution is 2.11. The van der Waals surface area contributed by atoms with Crippen molar-refractivity contribution in [3.63, 3.8) is 0 Å². The molecule has 0 unspecified atom stereocenters. The Morgan fingerprint density at radius 2 is 1.24 bits per heavy atom. The zero-order valence-corrected chi connectivity index (χ0v) is 15.1. The van der Waals surface area contributed by atoms with Crippen molar-refractivity contribution in [1.82, 2.24) is 10.6 Å². The lowest BCUT2D eigenvalue weighted by molar-refractivity contribution is 0.383. The van der Waals surface area contributed by atoms with Crippen LogP contribution in [0.25, 0.3) is 0 Å². The maximum Gasteiger partial charge on any atom is 0.00912 e. The Kier molecular flexibility index (Phi) is 16.7. The second kappa shape index (κ2) is 16.6. The molecule has 0 bridgehead atoms. The fourth-order valence-corrected chi connectivity index (χ4v) is 3.12. The molecule has 1 rings (SSSR count). The molecule has 1 fully saturated rings. The van der Waals surface area contributed by atoms with Crippen LogP contribution in [0, 0.1) is 0 Å². The lowest BCUT2D eigenvalue weighted by Gasteiger charge is -2.23. The number of rotatable bonds is 13. The van der Waals surface area contributed by atoms with Crippen molar-refractivity contribution in [3.05, 3.63) is 0 Å². The summed E-state index contributed by atoms with van der Waals surface area (Å²) < 4.78 is 0. The van der Waals surface area contributed by atoms with Gasteiger partial charge in [0.15, 0.2) is 0 Å². The van der Waals surface area contributed by atoms with Crippen molar-refractivity contribution >= 4 is 12.4 Å². The van der Waals surface area contributed by atoms with Crippen LogP contribution in [-0.4, -0.2) is 25.7 Å². The second-order valence-corrected chi connectivity index (χ2v) is 6.51. The number of hydrogen-bond donors (Lipinski definition) is 2. The van der Waals surface area contributed by atoms with E-state index in [0.29, 0.717) is 0 Å². The molecule has 0 spiro atoms. The topological polar surface area (TPSA) is 24.1 Å². The van der Waals surface area contributed by atoms with Gasteiger partial charge in [0, 0.05) is 6.04 Å². The normalized spacial score (nSPS) is 15.9. The molecule has 0 aromatic rings. The highest BCUT2D eigenvalue weighted by atomic mass is 35.5. The molecular formula is C18H39ClN2. The summed E-state index contributed by atoms with van der Waals surface area (Å²) >= 11 is 0. The van der Waals surface area contributed by atoms with Gasteiger partial charge in [-0.25, -0.2) is 0 Å². The van der Waals surface area contributed by atoms with E-state index in [9.17, 15) is 0 Å². The van der Waals surface area contributed by atoms with E-state index >= 15 is 0 Å². The van der Waals surface area contributed by atoms with Crippen LogP contribution < -0.4 is 10.6 Å². The minimum Gasteiger partial charge on any atom is -0.317 e. The summed E-state index contributed by atoms with van der Waals surface area (Å²) in [6.45, 7) is 5.94. The summed E-state index contributed by atoms with van der Waals surface area (Å²) in [6.07, 6.45) is 18.5. The second-order valence-electron chi connectivity index (χ2n) is 6.51. The fourth-order valence-electron chi connectivity index (χ4n) is 3.12. The van der Waals surface area contributed by atoms with E-state index in [0.717, 1.165) is 6.04 Å². The number of nitrogens with one attached hydrogen (secondary N) is 2. The molecule has 0 saturated carbocycles. The predicted octanol–water partition coefficient (Wildman–Crippen LogP) is 5.06. The molecule has 21 heavy (non-hydrogen) atoms. The predicted molar refractivity (Wildman–Crippen MR) is 97.6 cm³/mol. The molecule has 3 heteroatoms. The van der Waals surface area contributed by atoms with Gasteiger partial charge in [-0.1, -0.05) is 71.1 Å². The van der Waals surface area contributed by atoms with Gasteiger partial charge in [-0.3, -0.25) is 0 Å². The Balaban J connectivity index is 0.00000400. The SMILES string of the molecule is CCCCCCCCCCCCCNC1CCNCC1.Cl. The summed E-state index contributed by atoms with van der Waals surface area (Å²) in [4.78, 5) is 0. The summed E-state index contributed by atoms with van der Waals surface area (Å²) in [5.41, 5.74) is 0. The van der Waals surface area contributed by atoms with Crippen LogP contribution in [-0.2, 0) is 0 Å². The monoisotopic (exact) mass is 318 g/mol. The van der Waals surface area contributed by atoms with Crippen LogP contribution in [0.3, 0.4) is 0 Å². The van der Waals surface area contributed by atoms with Crippen LogP contribution in [0.15, 0.2) is 0 Å². The minimum absolute atomic E-state index is 0. The van der Waals surface area contributed by atoms with E-state index in [1.165, 1.54) is 103 Å². The molecule has 1 aliphatic rings. The molecule has 128 valence electrons. The molecule has 0 amide bonds. The molecule has 1 saturated heterocycles. The first-order valence-electron chi connectivity index (χ1n) is 9.37. The highest BCUT2D eigenvalue weighted by Gasteiger charge is 2.10. The lowest BCUT2D eigenvalue weighted by Crippen LogP contribution is -2.40. The Bertz CT molecular complexity index is 194.